The zero-order valence-electron chi connectivity index (χ0n) is 8.45. The minimum absolute atomic E-state index is 0.337. The van der Waals surface area contributed by atoms with Gasteiger partial charge in [0.1, 0.15) is 0 Å². The summed E-state index contributed by atoms with van der Waals surface area (Å²) in [5.74, 6) is 0.243. The largest absolute Gasteiger partial charge is 0.355 e. The molecule has 0 unspecified atom stereocenters. The van der Waals surface area contributed by atoms with E-state index in [0.29, 0.717) is 12.2 Å². The van der Waals surface area contributed by atoms with Crippen LogP contribution in [0.1, 0.15) is 25.3 Å². The van der Waals surface area contributed by atoms with Gasteiger partial charge in [-0.05, 0) is 25.0 Å². The first-order valence-corrected chi connectivity index (χ1v) is 4.67. The highest BCUT2D eigenvalue weighted by Crippen LogP contribution is 2.16. The Balaban J connectivity index is 2.46. The van der Waals surface area contributed by atoms with Gasteiger partial charge >= 0.3 is 5.97 Å². The van der Waals surface area contributed by atoms with E-state index in [-0.39, 0.29) is 5.97 Å². The van der Waals surface area contributed by atoms with Gasteiger partial charge in [-0.1, -0.05) is 25.1 Å². The lowest BCUT2D eigenvalue weighted by molar-refractivity contribution is -0.214. The van der Waals surface area contributed by atoms with Crippen LogP contribution in [0, 0.1) is 6.92 Å². The number of hydrogen-bond donors (Lipinski definition) is 0. The molecule has 1 rings (SSSR count). The second kappa shape index (κ2) is 5.27. The van der Waals surface area contributed by atoms with Gasteiger partial charge in [-0.15, -0.1) is 0 Å². The molecule has 0 aliphatic rings. The Bertz CT molecular complexity index is 307. The van der Waals surface area contributed by atoms with E-state index in [1.807, 2.05) is 32.0 Å². The van der Waals surface area contributed by atoms with Crippen LogP contribution in [0.5, 0.6) is 5.75 Å². The van der Waals surface area contributed by atoms with Crippen LogP contribution in [-0.2, 0) is 9.68 Å². The number of hydrogen-bond acceptors (Lipinski definition) is 3. The highest BCUT2D eigenvalue weighted by molar-refractivity contribution is 5.68. The summed E-state index contributed by atoms with van der Waals surface area (Å²) in [5, 5.41) is 0. The minimum atomic E-state index is -0.337. The first-order chi connectivity index (χ1) is 6.74. The van der Waals surface area contributed by atoms with E-state index in [2.05, 4.69) is 4.89 Å². The molecule has 0 aromatic heterocycles. The van der Waals surface area contributed by atoms with E-state index in [0.717, 1.165) is 12.0 Å². The Morgan fingerprint density at radius 1 is 1.36 bits per heavy atom. The quantitative estimate of drug-likeness (QED) is 0.546. The van der Waals surface area contributed by atoms with E-state index in [1.165, 1.54) is 0 Å². The van der Waals surface area contributed by atoms with Crippen molar-refractivity contribution in [2.45, 2.75) is 26.7 Å². The molecule has 0 radical (unpaired) electrons. The number of benzene rings is 1. The molecule has 0 N–H and O–H groups in total. The average molecular weight is 194 g/mol. The number of rotatable bonds is 4. The summed E-state index contributed by atoms with van der Waals surface area (Å²) in [5.41, 5.74) is 0.941. The number of carbonyl (C=O) groups excluding carboxylic acids is 1. The summed E-state index contributed by atoms with van der Waals surface area (Å²) < 4.78 is 0. The maximum atomic E-state index is 11.0. The Morgan fingerprint density at radius 3 is 2.71 bits per heavy atom. The molecule has 0 saturated carbocycles. The minimum Gasteiger partial charge on any atom is -0.287 e. The molecule has 0 spiro atoms. The molecule has 3 heteroatoms. The molecule has 1 aromatic rings. The Kier molecular flexibility index (Phi) is 3.98. The molecule has 0 saturated heterocycles. The van der Waals surface area contributed by atoms with Crippen molar-refractivity contribution in [3.63, 3.8) is 0 Å². The summed E-state index contributed by atoms with van der Waals surface area (Å²) in [6, 6.07) is 7.38. The third-order valence-electron chi connectivity index (χ3n) is 1.77. The molecule has 0 atom stereocenters. The predicted molar refractivity (Wildman–Crippen MR) is 52.8 cm³/mol. The molecule has 1 aromatic carbocycles. The molecule has 76 valence electrons. The van der Waals surface area contributed by atoms with Crippen LogP contribution in [0.15, 0.2) is 24.3 Å². The van der Waals surface area contributed by atoms with Gasteiger partial charge in [0, 0.05) is 6.42 Å². The maximum absolute atomic E-state index is 11.0. The van der Waals surface area contributed by atoms with Crippen molar-refractivity contribution < 1.29 is 14.6 Å². The van der Waals surface area contributed by atoms with Gasteiger partial charge in [-0.25, -0.2) is 4.79 Å². The number of carbonyl (C=O) groups is 1. The Hall–Kier alpha value is -1.51. The van der Waals surface area contributed by atoms with Crippen LogP contribution >= 0.6 is 0 Å². The molecular formula is C11H14O3. The summed E-state index contributed by atoms with van der Waals surface area (Å²) >= 11 is 0. The van der Waals surface area contributed by atoms with Crippen molar-refractivity contribution in [1.29, 1.82) is 0 Å². The molecule has 0 aliphatic carbocycles. The second-order valence-corrected chi connectivity index (χ2v) is 3.05. The van der Waals surface area contributed by atoms with Crippen molar-refractivity contribution in [3.05, 3.63) is 29.8 Å². The fourth-order valence-electron chi connectivity index (χ4n) is 0.987. The lowest BCUT2D eigenvalue weighted by Crippen LogP contribution is -2.07. The van der Waals surface area contributed by atoms with Crippen LogP contribution in [0.4, 0.5) is 0 Å². The number of para-hydroxylation sites is 1. The van der Waals surface area contributed by atoms with Crippen LogP contribution in [-0.4, -0.2) is 5.97 Å². The highest BCUT2D eigenvalue weighted by atomic mass is 17.2. The smallest absolute Gasteiger partial charge is 0.287 e. The molecule has 3 nitrogen and oxygen atoms in total. The summed E-state index contributed by atoms with van der Waals surface area (Å²) in [6.07, 6.45) is 1.14. The van der Waals surface area contributed by atoms with E-state index >= 15 is 0 Å². The monoisotopic (exact) mass is 194 g/mol. The van der Waals surface area contributed by atoms with Crippen molar-refractivity contribution >= 4 is 5.97 Å². The van der Waals surface area contributed by atoms with Crippen LogP contribution in [0.25, 0.3) is 0 Å². The summed E-state index contributed by atoms with van der Waals surface area (Å²) in [6.45, 7) is 3.80. The summed E-state index contributed by atoms with van der Waals surface area (Å²) in [4.78, 5) is 20.5. The first-order valence-electron chi connectivity index (χ1n) is 4.67. The second-order valence-electron chi connectivity index (χ2n) is 3.05. The molecule has 0 aliphatic heterocycles. The SMILES string of the molecule is CCCC(=O)OOc1ccccc1C. The molecular weight excluding hydrogens is 180 g/mol. The zero-order chi connectivity index (χ0) is 10.4. The lowest BCUT2D eigenvalue weighted by atomic mass is 10.2. The van der Waals surface area contributed by atoms with E-state index < -0.39 is 0 Å². The van der Waals surface area contributed by atoms with Crippen molar-refractivity contribution in [2.24, 2.45) is 0 Å². The third kappa shape index (κ3) is 3.09. The number of aryl methyl sites for hydroxylation is 1. The van der Waals surface area contributed by atoms with E-state index in [1.54, 1.807) is 6.07 Å². The molecule has 0 fully saturated rings. The van der Waals surface area contributed by atoms with Crippen molar-refractivity contribution in [1.82, 2.24) is 0 Å². The third-order valence-corrected chi connectivity index (χ3v) is 1.77. The van der Waals surface area contributed by atoms with Gasteiger partial charge in [0.15, 0.2) is 5.75 Å². The van der Waals surface area contributed by atoms with E-state index in [4.69, 9.17) is 4.89 Å². The van der Waals surface area contributed by atoms with Crippen molar-refractivity contribution in [2.75, 3.05) is 0 Å². The van der Waals surface area contributed by atoms with Gasteiger partial charge < -0.3 is 0 Å². The lowest BCUT2D eigenvalue weighted by Gasteiger charge is -2.05. The fourth-order valence-corrected chi connectivity index (χ4v) is 0.987. The molecule has 14 heavy (non-hydrogen) atoms. The van der Waals surface area contributed by atoms with Crippen LogP contribution < -0.4 is 4.89 Å². The highest BCUT2D eigenvalue weighted by Gasteiger charge is 2.04. The van der Waals surface area contributed by atoms with Crippen LogP contribution in [0.2, 0.25) is 0 Å². The Morgan fingerprint density at radius 2 is 2.07 bits per heavy atom. The van der Waals surface area contributed by atoms with Crippen LogP contribution in [0.3, 0.4) is 0 Å². The normalized spacial score (nSPS) is 9.57. The molecule has 0 amide bonds. The summed E-state index contributed by atoms with van der Waals surface area (Å²) in [7, 11) is 0. The predicted octanol–water partition coefficient (Wildman–Crippen LogP) is 2.63. The standard InChI is InChI=1S/C11H14O3/c1-3-6-11(12)14-13-10-8-5-4-7-9(10)2/h4-5,7-8H,3,6H2,1-2H3. The van der Waals surface area contributed by atoms with Gasteiger partial charge in [0.05, 0.1) is 0 Å². The average Bonchev–Trinajstić information content (AvgIpc) is 2.17. The molecule has 0 bridgehead atoms. The van der Waals surface area contributed by atoms with Gasteiger partial charge in [-0.2, -0.15) is 0 Å². The van der Waals surface area contributed by atoms with Gasteiger partial charge in [0.25, 0.3) is 0 Å². The zero-order valence-corrected chi connectivity index (χ0v) is 8.45. The maximum Gasteiger partial charge on any atom is 0.355 e. The van der Waals surface area contributed by atoms with Gasteiger partial charge in [0.2, 0.25) is 0 Å². The van der Waals surface area contributed by atoms with E-state index in [9.17, 15) is 4.79 Å². The molecule has 0 heterocycles. The fraction of sp³-hybridized carbons (Fsp3) is 0.364. The van der Waals surface area contributed by atoms with Gasteiger partial charge in [-0.3, -0.25) is 9.78 Å². The topological polar surface area (TPSA) is 35.5 Å². The Labute approximate surface area is 83.6 Å². The first kappa shape index (κ1) is 10.6. The van der Waals surface area contributed by atoms with Crippen molar-refractivity contribution in [3.8, 4) is 5.75 Å².